The number of carbonyl (C=O) groups is 1. The van der Waals surface area contributed by atoms with Gasteiger partial charge in [0.2, 0.25) is 0 Å². The van der Waals surface area contributed by atoms with Gasteiger partial charge in [-0.2, -0.15) is 0 Å². The van der Waals surface area contributed by atoms with Crippen molar-refractivity contribution in [3.63, 3.8) is 0 Å². The summed E-state index contributed by atoms with van der Waals surface area (Å²) in [7, 11) is -1.63. The lowest BCUT2D eigenvalue weighted by molar-refractivity contribution is -0.148. The molecule has 0 amide bonds. The molecule has 0 spiro atoms. The summed E-state index contributed by atoms with van der Waals surface area (Å²) in [6.07, 6.45) is 1.08. The van der Waals surface area contributed by atoms with E-state index in [9.17, 15) is 18.3 Å². The molecule has 0 aromatic rings. The molecule has 0 radical (unpaired) electrons. The van der Waals surface area contributed by atoms with E-state index in [1.54, 1.807) is 7.11 Å². The molecule has 1 saturated heterocycles. The Kier molecular flexibility index (Phi) is 3.88. The van der Waals surface area contributed by atoms with Crippen molar-refractivity contribution >= 4 is 15.8 Å². The highest BCUT2D eigenvalue weighted by molar-refractivity contribution is 7.91. The van der Waals surface area contributed by atoms with Crippen molar-refractivity contribution in [1.29, 1.82) is 0 Å². The van der Waals surface area contributed by atoms with Crippen LogP contribution in [0.25, 0.3) is 0 Å². The standard InChI is InChI=1S/C11H20O5S/c1-10(2,16-3)4-5-11(9(12)13)6-7-17(14,15)8-11/h4-8H2,1-3H3,(H,12,13). The molecule has 1 rings (SSSR count). The molecule has 17 heavy (non-hydrogen) atoms. The van der Waals surface area contributed by atoms with E-state index in [2.05, 4.69) is 0 Å². The molecule has 1 unspecified atom stereocenters. The number of hydrogen-bond donors (Lipinski definition) is 1. The number of carboxylic acids is 1. The first-order valence-corrected chi connectivity index (χ1v) is 7.44. The van der Waals surface area contributed by atoms with Crippen LogP contribution in [0.15, 0.2) is 0 Å². The Labute approximate surface area is 102 Å². The predicted molar refractivity (Wildman–Crippen MR) is 63.7 cm³/mol. The van der Waals surface area contributed by atoms with Crippen molar-refractivity contribution in [2.24, 2.45) is 5.41 Å². The first-order valence-electron chi connectivity index (χ1n) is 5.62. The first kappa shape index (κ1) is 14.4. The molecule has 0 bridgehead atoms. The number of methoxy groups -OCH3 is 1. The van der Waals surface area contributed by atoms with Crippen LogP contribution in [-0.2, 0) is 19.4 Å². The van der Waals surface area contributed by atoms with Gasteiger partial charge < -0.3 is 9.84 Å². The van der Waals surface area contributed by atoms with E-state index in [1.165, 1.54) is 0 Å². The van der Waals surface area contributed by atoms with Crippen LogP contribution in [0.3, 0.4) is 0 Å². The fourth-order valence-corrected chi connectivity index (χ4v) is 4.13. The molecule has 0 saturated carbocycles. The maximum Gasteiger partial charge on any atom is 0.310 e. The highest BCUT2D eigenvalue weighted by Crippen LogP contribution is 2.39. The Balaban J connectivity index is 2.79. The molecule has 1 fully saturated rings. The minimum atomic E-state index is -3.19. The van der Waals surface area contributed by atoms with E-state index < -0.39 is 26.8 Å². The van der Waals surface area contributed by atoms with Gasteiger partial charge in [-0.15, -0.1) is 0 Å². The summed E-state index contributed by atoms with van der Waals surface area (Å²) < 4.78 is 28.1. The van der Waals surface area contributed by atoms with Crippen LogP contribution in [0, 0.1) is 5.41 Å². The van der Waals surface area contributed by atoms with E-state index in [0.717, 1.165) is 0 Å². The molecule has 5 nitrogen and oxygen atoms in total. The molecule has 100 valence electrons. The Bertz CT molecular complexity index is 398. The third-order valence-corrected chi connectivity index (χ3v) is 5.42. The van der Waals surface area contributed by atoms with Gasteiger partial charge in [-0.3, -0.25) is 4.79 Å². The SMILES string of the molecule is COC(C)(C)CCC1(C(=O)O)CCS(=O)(=O)C1. The van der Waals surface area contributed by atoms with Gasteiger partial charge in [-0.25, -0.2) is 8.42 Å². The van der Waals surface area contributed by atoms with Gasteiger partial charge in [0.1, 0.15) is 0 Å². The average Bonchev–Trinajstić information content (AvgIpc) is 2.53. The minimum absolute atomic E-state index is 0.0211. The van der Waals surface area contributed by atoms with E-state index in [4.69, 9.17) is 4.74 Å². The van der Waals surface area contributed by atoms with Crippen molar-refractivity contribution in [1.82, 2.24) is 0 Å². The molecule has 1 aliphatic rings. The summed E-state index contributed by atoms with van der Waals surface area (Å²) in [4.78, 5) is 11.3. The van der Waals surface area contributed by atoms with Crippen molar-refractivity contribution in [2.75, 3.05) is 18.6 Å². The largest absolute Gasteiger partial charge is 0.481 e. The third kappa shape index (κ3) is 3.42. The zero-order valence-corrected chi connectivity index (χ0v) is 11.3. The Morgan fingerprint density at radius 3 is 2.41 bits per heavy atom. The molecule has 1 atom stereocenters. The molecule has 6 heteroatoms. The molecule has 1 heterocycles. The van der Waals surface area contributed by atoms with E-state index in [1.807, 2.05) is 13.8 Å². The monoisotopic (exact) mass is 264 g/mol. The number of aliphatic carboxylic acids is 1. The number of carboxylic acid groups (broad SMARTS) is 1. The first-order chi connectivity index (χ1) is 7.63. The van der Waals surface area contributed by atoms with Crippen LogP contribution in [0.5, 0.6) is 0 Å². The lowest BCUT2D eigenvalue weighted by atomic mass is 9.80. The lowest BCUT2D eigenvalue weighted by Crippen LogP contribution is -2.35. The van der Waals surface area contributed by atoms with Gasteiger partial charge in [-0.1, -0.05) is 0 Å². The highest BCUT2D eigenvalue weighted by atomic mass is 32.2. The predicted octanol–water partition coefficient (Wildman–Crippen LogP) is 1.08. The van der Waals surface area contributed by atoms with Gasteiger partial charge in [0.15, 0.2) is 9.84 Å². The molecule has 0 aliphatic carbocycles. The number of hydrogen-bond acceptors (Lipinski definition) is 4. The fraction of sp³-hybridized carbons (Fsp3) is 0.909. The summed E-state index contributed by atoms with van der Waals surface area (Å²) in [5.74, 6) is -1.27. The van der Waals surface area contributed by atoms with Crippen LogP contribution in [0.2, 0.25) is 0 Å². The molecule has 0 aromatic carbocycles. The van der Waals surface area contributed by atoms with Crippen molar-refractivity contribution in [2.45, 2.75) is 38.7 Å². The summed E-state index contributed by atoms with van der Waals surface area (Å²) >= 11 is 0. The Morgan fingerprint density at radius 2 is 2.06 bits per heavy atom. The van der Waals surface area contributed by atoms with Crippen LogP contribution < -0.4 is 0 Å². The molecule has 1 N–H and O–H groups in total. The number of ether oxygens (including phenoxy) is 1. The van der Waals surface area contributed by atoms with Gasteiger partial charge in [0.05, 0.1) is 22.5 Å². The van der Waals surface area contributed by atoms with Gasteiger partial charge in [-0.05, 0) is 33.1 Å². The summed E-state index contributed by atoms with van der Waals surface area (Å²) in [6, 6.07) is 0. The van der Waals surface area contributed by atoms with Gasteiger partial charge in [0.25, 0.3) is 0 Å². The maximum absolute atomic E-state index is 11.5. The van der Waals surface area contributed by atoms with Crippen LogP contribution in [0.1, 0.15) is 33.1 Å². The quantitative estimate of drug-likeness (QED) is 0.803. The highest BCUT2D eigenvalue weighted by Gasteiger charge is 2.48. The van der Waals surface area contributed by atoms with E-state index >= 15 is 0 Å². The lowest BCUT2D eigenvalue weighted by Gasteiger charge is -2.29. The van der Waals surface area contributed by atoms with Gasteiger partial charge >= 0.3 is 5.97 Å². The molecular formula is C11H20O5S. The number of rotatable bonds is 5. The molecule has 0 aromatic heterocycles. The van der Waals surface area contributed by atoms with Crippen LogP contribution in [0.4, 0.5) is 0 Å². The third-order valence-electron chi connectivity index (χ3n) is 3.60. The second kappa shape index (κ2) is 4.57. The second-order valence-electron chi connectivity index (χ2n) is 5.39. The average molecular weight is 264 g/mol. The van der Waals surface area contributed by atoms with E-state index in [-0.39, 0.29) is 17.9 Å². The van der Waals surface area contributed by atoms with E-state index in [0.29, 0.717) is 12.8 Å². The second-order valence-corrected chi connectivity index (χ2v) is 7.58. The summed E-state index contributed by atoms with van der Waals surface area (Å²) in [5, 5.41) is 9.26. The minimum Gasteiger partial charge on any atom is -0.481 e. The molecule has 1 aliphatic heterocycles. The number of sulfone groups is 1. The van der Waals surface area contributed by atoms with Crippen LogP contribution >= 0.6 is 0 Å². The normalized spacial score (nSPS) is 28.2. The summed E-state index contributed by atoms with van der Waals surface area (Å²) in [5.41, 5.74) is -1.54. The zero-order chi connectivity index (χ0) is 13.3. The smallest absolute Gasteiger partial charge is 0.310 e. The topological polar surface area (TPSA) is 80.7 Å². The maximum atomic E-state index is 11.5. The zero-order valence-electron chi connectivity index (χ0n) is 10.5. The van der Waals surface area contributed by atoms with Crippen molar-refractivity contribution in [3.8, 4) is 0 Å². The Morgan fingerprint density at radius 1 is 1.47 bits per heavy atom. The van der Waals surface area contributed by atoms with Crippen LogP contribution in [-0.4, -0.2) is 43.7 Å². The molecular weight excluding hydrogens is 244 g/mol. The Hall–Kier alpha value is -0.620. The van der Waals surface area contributed by atoms with Crippen molar-refractivity contribution < 1.29 is 23.1 Å². The van der Waals surface area contributed by atoms with Gasteiger partial charge in [0, 0.05) is 7.11 Å². The summed E-state index contributed by atoms with van der Waals surface area (Å²) in [6.45, 7) is 3.73. The van der Waals surface area contributed by atoms with Crippen molar-refractivity contribution in [3.05, 3.63) is 0 Å². The fourth-order valence-electron chi connectivity index (χ4n) is 2.03.